The van der Waals surface area contributed by atoms with Crippen LogP contribution in [0.1, 0.15) is 30.9 Å². The molecule has 138 valence electrons. The quantitative estimate of drug-likeness (QED) is 0.810. The second-order valence-corrected chi connectivity index (χ2v) is 8.65. The van der Waals surface area contributed by atoms with Crippen LogP contribution in [0.2, 0.25) is 0 Å². The number of sulfonamides is 1. The van der Waals surface area contributed by atoms with Gasteiger partial charge in [-0.3, -0.25) is 9.52 Å². The average Bonchev–Trinajstić information content (AvgIpc) is 3.26. The van der Waals surface area contributed by atoms with Gasteiger partial charge in [-0.15, -0.1) is 10.2 Å². The minimum atomic E-state index is -3.88. The van der Waals surface area contributed by atoms with E-state index in [1.807, 2.05) is 0 Å². The summed E-state index contributed by atoms with van der Waals surface area (Å²) in [5.41, 5.74) is 0.313. The molecular weight excluding hydrogens is 380 g/mol. The van der Waals surface area contributed by atoms with Crippen LogP contribution in [0.15, 0.2) is 23.1 Å². The number of hydrogen-bond acceptors (Lipinski definition) is 8. The molecule has 11 heteroatoms. The zero-order chi connectivity index (χ0) is 18.3. The number of benzene rings is 1. The number of ether oxygens (including phenoxy) is 2. The molecule has 2 N–H and O–H groups in total. The van der Waals surface area contributed by atoms with Crippen molar-refractivity contribution in [2.45, 2.75) is 36.9 Å². The summed E-state index contributed by atoms with van der Waals surface area (Å²) in [6.45, 7) is 2.29. The van der Waals surface area contributed by atoms with Crippen LogP contribution in [0, 0.1) is 0 Å². The van der Waals surface area contributed by atoms with E-state index in [1.165, 1.54) is 18.2 Å². The number of carbonyl (C=O) groups is 1. The third-order valence-electron chi connectivity index (χ3n) is 4.06. The van der Waals surface area contributed by atoms with E-state index in [9.17, 15) is 13.2 Å². The summed E-state index contributed by atoms with van der Waals surface area (Å²) in [4.78, 5) is 11.7. The lowest BCUT2D eigenvalue weighted by atomic mass is 10.2. The van der Waals surface area contributed by atoms with Gasteiger partial charge in [0.15, 0.2) is 6.10 Å². The van der Waals surface area contributed by atoms with Crippen molar-refractivity contribution < 1.29 is 22.7 Å². The number of rotatable bonds is 4. The fourth-order valence-electron chi connectivity index (χ4n) is 2.71. The molecule has 1 aromatic heterocycles. The van der Waals surface area contributed by atoms with E-state index in [-0.39, 0.29) is 22.0 Å². The Morgan fingerprint density at radius 1 is 1.35 bits per heavy atom. The molecule has 2 aliphatic heterocycles. The molecule has 2 unspecified atom stereocenters. The van der Waals surface area contributed by atoms with Crippen LogP contribution in [0.3, 0.4) is 0 Å². The smallest absolute Gasteiger partial charge is 0.265 e. The van der Waals surface area contributed by atoms with Crippen LogP contribution in [-0.4, -0.2) is 37.2 Å². The summed E-state index contributed by atoms with van der Waals surface area (Å²) in [6.07, 6.45) is 1.06. The van der Waals surface area contributed by atoms with Gasteiger partial charge in [0.25, 0.3) is 15.9 Å². The first kappa shape index (κ1) is 17.2. The van der Waals surface area contributed by atoms with Gasteiger partial charge in [-0.05, 0) is 38.0 Å². The number of hydrogen-bond donors (Lipinski definition) is 2. The molecule has 1 aromatic carbocycles. The topological polar surface area (TPSA) is 120 Å². The summed E-state index contributed by atoms with van der Waals surface area (Å²) < 4.78 is 38.6. The molecule has 1 saturated heterocycles. The van der Waals surface area contributed by atoms with Gasteiger partial charge in [0.1, 0.15) is 16.9 Å². The molecule has 0 radical (unpaired) electrons. The van der Waals surface area contributed by atoms with Gasteiger partial charge in [0.05, 0.1) is 10.6 Å². The molecule has 1 amide bonds. The molecule has 0 spiro atoms. The number of anilines is 2. The molecule has 26 heavy (non-hydrogen) atoms. The van der Waals surface area contributed by atoms with E-state index < -0.39 is 16.1 Å². The first-order valence-electron chi connectivity index (χ1n) is 8.02. The largest absolute Gasteiger partial charge is 0.479 e. The summed E-state index contributed by atoms with van der Waals surface area (Å²) in [5, 5.41) is 11.3. The second kappa shape index (κ2) is 6.49. The van der Waals surface area contributed by atoms with Gasteiger partial charge >= 0.3 is 0 Å². The van der Waals surface area contributed by atoms with Crippen LogP contribution in [0.4, 0.5) is 10.8 Å². The zero-order valence-corrected chi connectivity index (χ0v) is 15.4. The van der Waals surface area contributed by atoms with Gasteiger partial charge in [0, 0.05) is 6.61 Å². The van der Waals surface area contributed by atoms with Gasteiger partial charge in [-0.25, -0.2) is 8.42 Å². The maximum atomic E-state index is 12.6. The third kappa shape index (κ3) is 3.24. The lowest BCUT2D eigenvalue weighted by Crippen LogP contribution is -2.34. The average molecular weight is 396 g/mol. The highest BCUT2D eigenvalue weighted by atomic mass is 32.2. The molecule has 9 nitrogen and oxygen atoms in total. The standard InChI is InChI=1S/C15H16N4O5S2/c1-8-13(20)16-10-7-9(4-5-11(10)24-8)26(21,22)19-15-18-17-14(25-15)12-3-2-6-23-12/h4-5,7-8,12H,2-3,6H2,1H3,(H,16,20)(H,18,19). The molecular formula is C15H16N4O5S2. The number of nitrogens with zero attached hydrogens (tertiary/aromatic N) is 2. The molecule has 3 heterocycles. The molecule has 2 aliphatic rings. The summed E-state index contributed by atoms with van der Waals surface area (Å²) in [6, 6.07) is 4.27. The number of fused-ring (bicyclic) bond motifs is 1. The van der Waals surface area contributed by atoms with Crippen LogP contribution in [-0.2, 0) is 19.6 Å². The number of amides is 1. The molecule has 0 aliphatic carbocycles. The lowest BCUT2D eigenvalue weighted by molar-refractivity contribution is -0.122. The van der Waals surface area contributed by atoms with Crippen molar-refractivity contribution in [1.82, 2.24) is 10.2 Å². The zero-order valence-electron chi connectivity index (χ0n) is 13.8. The van der Waals surface area contributed by atoms with Gasteiger partial charge in [0.2, 0.25) is 5.13 Å². The maximum Gasteiger partial charge on any atom is 0.265 e. The van der Waals surface area contributed by atoms with Gasteiger partial charge < -0.3 is 14.8 Å². The summed E-state index contributed by atoms with van der Waals surface area (Å²) >= 11 is 1.15. The number of carbonyl (C=O) groups excluding carboxylic acids is 1. The highest BCUT2D eigenvalue weighted by molar-refractivity contribution is 7.93. The van der Waals surface area contributed by atoms with Gasteiger partial charge in [-0.1, -0.05) is 11.3 Å². The second-order valence-electron chi connectivity index (χ2n) is 5.96. The van der Waals surface area contributed by atoms with E-state index in [0.717, 1.165) is 24.2 Å². The predicted molar refractivity (Wildman–Crippen MR) is 93.8 cm³/mol. The molecule has 0 saturated carbocycles. The Kier molecular flexibility index (Phi) is 4.29. The van der Waals surface area contributed by atoms with E-state index in [0.29, 0.717) is 23.1 Å². The van der Waals surface area contributed by atoms with Crippen molar-refractivity contribution in [3.05, 3.63) is 23.2 Å². The summed E-state index contributed by atoms with van der Waals surface area (Å²) in [5.74, 6) is 0.0953. The van der Waals surface area contributed by atoms with Crippen molar-refractivity contribution in [2.24, 2.45) is 0 Å². The molecule has 2 aromatic rings. The molecule has 1 fully saturated rings. The minimum Gasteiger partial charge on any atom is -0.479 e. The molecule has 0 bridgehead atoms. The number of aromatic nitrogens is 2. The van der Waals surface area contributed by atoms with Crippen LogP contribution in [0.25, 0.3) is 0 Å². The first-order chi connectivity index (χ1) is 12.4. The van der Waals surface area contributed by atoms with Crippen LogP contribution < -0.4 is 14.8 Å². The Morgan fingerprint density at radius 3 is 2.96 bits per heavy atom. The Bertz CT molecular complexity index is 953. The Balaban J connectivity index is 1.55. The van der Waals surface area contributed by atoms with E-state index in [1.54, 1.807) is 6.92 Å². The monoisotopic (exact) mass is 396 g/mol. The fraction of sp³-hybridized carbons (Fsp3) is 0.400. The van der Waals surface area contributed by atoms with Crippen molar-refractivity contribution in [3.63, 3.8) is 0 Å². The van der Waals surface area contributed by atoms with Gasteiger partial charge in [-0.2, -0.15) is 0 Å². The van der Waals surface area contributed by atoms with Crippen molar-refractivity contribution in [2.75, 3.05) is 16.6 Å². The predicted octanol–water partition coefficient (Wildman–Crippen LogP) is 1.91. The van der Waals surface area contributed by atoms with E-state index in [2.05, 4.69) is 20.2 Å². The molecule has 4 rings (SSSR count). The normalized spacial score (nSPS) is 22.4. The van der Waals surface area contributed by atoms with E-state index in [4.69, 9.17) is 9.47 Å². The fourth-order valence-corrected chi connectivity index (χ4v) is 4.79. The third-order valence-corrected chi connectivity index (χ3v) is 6.46. The van der Waals surface area contributed by atoms with Crippen molar-refractivity contribution in [1.29, 1.82) is 0 Å². The Morgan fingerprint density at radius 2 is 2.19 bits per heavy atom. The lowest BCUT2D eigenvalue weighted by Gasteiger charge is -2.23. The van der Waals surface area contributed by atoms with Crippen LogP contribution >= 0.6 is 11.3 Å². The highest BCUT2D eigenvalue weighted by Gasteiger charge is 2.27. The highest BCUT2D eigenvalue weighted by Crippen LogP contribution is 2.34. The van der Waals surface area contributed by atoms with Crippen molar-refractivity contribution >= 4 is 38.1 Å². The van der Waals surface area contributed by atoms with E-state index >= 15 is 0 Å². The maximum absolute atomic E-state index is 12.6. The Hall–Kier alpha value is -2.24. The molecule has 2 atom stereocenters. The van der Waals surface area contributed by atoms with Crippen LogP contribution in [0.5, 0.6) is 5.75 Å². The summed E-state index contributed by atoms with van der Waals surface area (Å²) in [7, 11) is -3.88. The first-order valence-corrected chi connectivity index (χ1v) is 10.3. The number of nitrogens with one attached hydrogen (secondary N) is 2. The minimum absolute atomic E-state index is 0.0106. The SMILES string of the molecule is CC1Oc2ccc(S(=O)(=O)Nc3nnc(C4CCCO4)s3)cc2NC1=O. The Labute approximate surface area is 153 Å². The van der Waals surface area contributed by atoms with Crippen molar-refractivity contribution in [3.8, 4) is 5.75 Å².